The molecule has 3 nitrogen and oxygen atoms in total. The van der Waals surface area contributed by atoms with E-state index in [1.54, 1.807) is 16.2 Å². The molecule has 0 saturated carbocycles. The molecular formula is C13H22N2OS. The fourth-order valence-corrected chi connectivity index (χ4v) is 2.55. The summed E-state index contributed by atoms with van der Waals surface area (Å²) in [7, 11) is 1.85. The molecule has 0 radical (unpaired) electrons. The molecule has 0 atom stereocenters. The summed E-state index contributed by atoms with van der Waals surface area (Å²) in [5, 5.41) is 2.03. The van der Waals surface area contributed by atoms with E-state index in [0.717, 1.165) is 4.88 Å². The molecule has 1 rings (SSSR count). The van der Waals surface area contributed by atoms with Gasteiger partial charge in [0.15, 0.2) is 0 Å². The van der Waals surface area contributed by atoms with Gasteiger partial charge in [0, 0.05) is 18.5 Å². The van der Waals surface area contributed by atoms with Crippen molar-refractivity contribution in [2.45, 2.75) is 27.2 Å². The van der Waals surface area contributed by atoms with Gasteiger partial charge in [-0.2, -0.15) is 0 Å². The third kappa shape index (κ3) is 4.13. The normalized spacial score (nSPS) is 11.6. The van der Waals surface area contributed by atoms with Gasteiger partial charge in [-0.05, 0) is 35.9 Å². The van der Waals surface area contributed by atoms with Gasteiger partial charge in [0.25, 0.3) is 0 Å². The van der Waals surface area contributed by atoms with Crippen molar-refractivity contribution < 1.29 is 4.79 Å². The Morgan fingerprint density at radius 2 is 2.18 bits per heavy atom. The summed E-state index contributed by atoms with van der Waals surface area (Å²) in [5.41, 5.74) is 6.86. The maximum atomic E-state index is 12.0. The molecule has 0 bridgehead atoms. The number of nitrogens with zero attached hydrogens (tertiary/aromatic N) is 1. The number of amides is 1. The van der Waals surface area contributed by atoms with Crippen molar-refractivity contribution in [3.8, 4) is 0 Å². The number of likely N-dealkylation sites (N-methyl/N-ethyl adjacent to an activating group) is 1. The summed E-state index contributed by atoms with van der Waals surface area (Å²) >= 11 is 1.65. The first-order chi connectivity index (χ1) is 7.85. The largest absolute Gasteiger partial charge is 0.345 e. The van der Waals surface area contributed by atoms with E-state index in [9.17, 15) is 4.79 Å². The lowest BCUT2D eigenvalue weighted by molar-refractivity contribution is -0.130. The molecule has 2 N–H and O–H groups in total. The van der Waals surface area contributed by atoms with Gasteiger partial charge in [0.1, 0.15) is 0 Å². The van der Waals surface area contributed by atoms with E-state index in [2.05, 4.69) is 19.9 Å². The average molecular weight is 254 g/mol. The highest BCUT2D eigenvalue weighted by molar-refractivity contribution is 7.10. The summed E-state index contributed by atoms with van der Waals surface area (Å²) in [4.78, 5) is 15.0. The molecular weight excluding hydrogens is 232 g/mol. The second-order valence-corrected chi connectivity index (χ2v) is 6.32. The van der Waals surface area contributed by atoms with Gasteiger partial charge < -0.3 is 10.6 Å². The second kappa shape index (κ2) is 5.65. The number of nitrogens with two attached hydrogens (primary N) is 1. The van der Waals surface area contributed by atoms with Gasteiger partial charge in [0.05, 0.1) is 6.42 Å². The van der Waals surface area contributed by atoms with Gasteiger partial charge in [-0.25, -0.2) is 0 Å². The van der Waals surface area contributed by atoms with E-state index in [4.69, 9.17) is 5.73 Å². The van der Waals surface area contributed by atoms with Gasteiger partial charge >= 0.3 is 0 Å². The van der Waals surface area contributed by atoms with E-state index < -0.39 is 0 Å². The number of hydrogen-bond acceptors (Lipinski definition) is 3. The lowest BCUT2D eigenvalue weighted by Gasteiger charge is -2.29. The molecule has 1 aromatic heterocycles. The standard InChI is InChI=1S/C13H22N2OS/c1-10-5-6-17-11(10)7-12(16)15(4)9-13(2,3)8-14/h5-6H,7-9,14H2,1-4H3. The van der Waals surface area contributed by atoms with Gasteiger partial charge in [-0.1, -0.05) is 13.8 Å². The Hall–Kier alpha value is -0.870. The molecule has 0 aromatic carbocycles. The fourth-order valence-electron chi connectivity index (χ4n) is 1.65. The fraction of sp³-hybridized carbons (Fsp3) is 0.615. The van der Waals surface area contributed by atoms with Gasteiger partial charge in [0.2, 0.25) is 5.91 Å². The molecule has 0 aliphatic rings. The van der Waals surface area contributed by atoms with Crippen molar-refractivity contribution in [3.05, 3.63) is 21.9 Å². The van der Waals surface area contributed by atoms with Crippen LogP contribution in [0.25, 0.3) is 0 Å². The molecule has 1 amide bonds. The number of hydrogen-bond donors (Lipinski definition) is 1. The van der Waals surface area contributed by atoms with Crippen LogP contribution in [0.2, 0.25) is 0 Å². The van der Waals surface area contributed by atoms with Crippen LogP contribution in [-0.2, 0) is 11.2 Å². The molecule has 4 heteroatoms. The average Bonchev–Trinajstić information content (AvgIpc) is 2.64. The zero-order valence-electron chi connectivity index (χ0n) is 11.1. The molecule has 0 aliphatic carbocycles. The van der Waals surface area contributed by atoms with E-state index in [1.165, 1.54) is 5.56 Å². The summed E-state index contributed by atoms with van der Waals surface area (Å²) in [6, 6.07) is 2.05. The first-order valence-corrected chi connectivity index (χ1v) is 6.71. The predicted molar refractivity (Wildman–Crippen MR) is 73.2 cm³/mol. The third-order valence-corrected chi connectivity index (χ3v) is 3.95. The number of rotatable bonds is 5. The van der Waals surface area contributed by atoms with Crippen LogP contribution in [0.15, 0.2) is 11.4 Å². The number of thiophene rings is 1. The summed E-state index contributed by atoms with van der Waals surface area (Å²) in [5.74, 6) is 0.164. The molecule has 0 unspecified atom stereocenters. The van der Waals surface area contributed by atoms with Crippen molar-refractivity contribution >= 4 is 17.2 Å². The van der Waals surface area contributed by atoms with Crippen molar-refractivity contribution in [3.63, 3.8) is 0 Å². The Kier molecular flexibility index (Phi) is 4.71. The Balaban J connectivity index is 2.56. The smallest absolute Gasteiger partial charge is 0.227 e. The first-order valence-electron chi connectivity index (χ1n) is 5.83. The quantitative estimate of drug-likeness (QED) is 0.874. The monoisotopic (exact) mass is 254 g/mol. The topological polar surface area (TPSA) is 46.3 Å². The summed E-state index contributed by atoms with van der Waals surface area (Å²) in [6.45, 7) is 7.48. The zero-order chi connectivity index (χ0) is 13.1. The van der Waals surface area contributed by atoms with E-state index >= 15 is 0 Å². The van der Waals surface area contributed by atoms with Crippen LogP contribution in [-0.4, -0.2) is 30.9 Å². The molecule has 1 aromatic rings. The Morgan fingerprint density at radius 1 is 1.53 bits per heavy atom. The molecule has 1 heterocycles. The SMILES string of the molecule is Cc1ccsc1CC(=O)N(C)CC(C)(C)CN. The number of aryl methyl sites for hydroxylation is 1. The number of carbonyl (C=O) groups excluding carboxylic acids is 1. The highest BCUT2D eigenvalue weighted by Gasteiger charge is 2.21. The van der Waals surface area contributed by atoms with Crippen LogP contribution in [0.1, 0.15) is 24.3 Å². The minimum Gasteiger partial charge on any atom is -0.345 e. The molecule has 96 valence electrons. The second-order valence-electron chi connectivity index (χ2n) is 5.32. The van der Waals surface area contributed by atoms with Crippen molar-refractivity contribution in [2.75, 3.05) is 20.1 Å². The Labute approximate surface area is 108 Å². The van der Waals surface area contributed by atoms with E-state index in [-0.39, 0.29) is 11.3 Å². The molecule has 17 heavy (non-hydrogen) atoms. The van der Waals surface area contributed by atoms with Crippen molar-refractivity contribution in [2.24, 2.45) is 11.1 Å². The van der Waals surface area contributed by atoms with Crippen LogP contribution in [0.5, 0.6) is 0 Å². The minimum absolute atomic E-state index is 0.0189. The summed E-state index contributed by atoms with van der Waals surface area (Å²) in [6.07, 6.45) is 0.501. The highest BCUT2D eigenvalue weighted by atomic mass is 32.1. The van der Waals surface area contributed by atoms with E-state index in [1.807, 2.05) is 19.4 Å². The zero-order valence-corrected chi connectivity index (χ0v) is 11.9. The maximum absolute atomic E-state index is 12.0. The van der Waals surface area contributed by atoms with Crippen LogP contribution in [0, 0.1) is 12.3 Å². The number of carbonyl (C=O) groups is 1. The van der Waals surface area contributed by atoms with Crippen LogP contribution in [0.4, 0.5) is 0 Å². The Morgan fingerprint density at radius 3 is 2.65 bits per heavy atom. The van der Waals surface area contributed by atoms with Crippen molar-refractivity contribution in [1.82, 2.24) is 4.90 Å². The molecule has 0 saturated heterocycles. The van der Waals surface area contributed by atoms with Crippen molar-refractivity contribution in [1.29, 1.82) is 0 Å². The summed E-state index contributed by atoms with van der Waals surface area (Å²) < 4.78 is 0. The van der Waals surface area contributed by atoms with E-state index in [0.29, 0.717) is 19.5 Å². The van der Waals surface area contributed by atoms with Crippen LogP contribution < -0.4 is 5.73 Å². The van der Waals surface area contributed by atoms with Crippen LogP contribution in [0.3, 0.4) is 0 Å². The van der Waals surface area contributed by atoms with Crippen LogP contribution >= 0.6 is 11.3 Å². The lowest BCUT2D eigenvalue weighted by atomic mass is 9.93. The highest BCUT2D eigenvalue weighted by Crippen LogP contribution is 2.18. The third-order valence-electron chi connectivity index (χ3n) is 2.92. The lowest BCUT2D eigenvalue weighted by Crippen LogP contribution is -2.40. The maximum Gasteiger partial charge on any atom is 0.227 e. The Bertz CT molecular complexity index is 385. The molecule has 0 aliphatic heterocycles. The first kappa shape index (κ1) is 14.2. The predicted octanol–water partition coefficient (Wildman–Crippen LogP) is 2.04. The van der Waals surface area contributed by atoms with Gasteiger partial charge in [-0.15, -0.1) is 11.3 Å². The van der Waals surface area contributed by atoms with Gasteiger partial charge in [-0.3, -0.25) is 4.79 Å². The minimum atomic E-state index is -0.0189. The molecule has 0 spiro atoms. The molecule has 0 fully saturated rings.